The van der Waals surface area contributed by atoms with Crippen molar-refractivity contribution in [3.05, 3.63) is 18.1 Å². The molecule has 2 heterocycles. The van der Waals surface area contributed by atoms with Crippen LogP contribution in [-0.2, 0) is 6.61 Å². The first-order valence-electron chi connectivity index (χ1n) is 4.99. The van der Waals surface area contributed by atoms with Crippen molar-refractivity contribution in [3.8, 4) is 0 Å². The molecule has 4 heteroatoms. The summed E-state index contributed by atoms with van der Waals surface area (Å²) >= 11 is 0. The summed E-state index contributed by atoms with van der Waals surface area (Å²) in [6.07, 6.45) is 5.79. The molecule has 0 amide bonds. The Morgan fingerprint density at radius 3 is 3.07 bits per heavy atom. The van der Waals surface area contributed by atoms with Gasteiger partial charge >= 0.3 is 0 Å². The zero-order valence-corrected chi connectivity index (χ0v) is 8.35. The summed E-state index contributed by atoms with van der Waals surface area (Å²) in [5.41, 5.74) is 0.640. The van der Waals surface area contributed by atoms with Gasteiger partial charge in [0.2, 0.25) is 0 Å². The predicted molar refractivity (Wildman–Crippen MR) is 54.0 cm³/mol. The van der Waals surface area contributed by atoms with E-state index in [2.05, 4.69) is 21.8 Å². The molecule has 0 bridgehead atoms. The Morgan fingerprint density at radius 1 is 1.57 bits per heavy atom. The van der Waals surface area contributed by atoms with Crippen molar-refractivity contribution in [2.75, 3.05) is 11.4 Å². The van der Waals surface area contributed by atoms with Crippen LogP contribution in [0.2, 0.25) is 0 Å². The molecule has 14 heavy (non-hydrogen) atoms. The Kier molecular flexibility index (Phi) is 2.63. The van der Waals surface area contributed by atoms with Crippen LogP contribution >= 0.6 is 0 Å². The highest BCUT2D eigenvalue weighted by Crippen LogP contribution is 2.22. The molecule has 1 saturated heterocycles. The fourth-order valence-corrected chi connectivity index (χ4v) is 1.88. The Hall–Kier alpha value is -1.16. The van der Waals surface area contributed by atoms with Crippen LogP contribution in [0.3, 0.4) is 0 Å². The molecular formula is C10H15N3O. The lowest BCUT2D eigenvalue weighted by Crippen LogP contribution is -2.27. The Morgan fingerprint density at radius 2 is 2.43 bits per heavy atom. The molecular weight excluding hydrogens is 178 g/mol. The molecule has 1 N–H and O–H groups in total. The number of hydrogen-bond donors (Lipinski definition) is 1. The van der Waals surface area contributed by atoms with Crippen molar-refractivity contribution < 1.29 is 5.11 Å². The fourth-order valence-electron chi connectivity index (χ4n) is 1.88. The summed E-state index contributed by atoms with van der Waals surface area (Å²) in [4.78, 5) is 10.6. The molecule has 1 aromatic heterocycles. The molecule has 4 nitrogen and oxygen atoms in total. The molecule has 0 aromatic carbocycles. The molecule has 1 aliphatic rings. The van der Waals surface area contributed by atoms with Gasteiger partial charge < -0.3 is 10.0 Å². The van der Waals surface area contributed by atoms with Crippen molar-refractivity contribution in [2.24, 2.45) is 0 Å². The highest BCUT2D eigenvalue weighted by Gasteiger charge is 2.21. The Labute approximate surface area is 83.6 Å². The standard InChI is InChI=1S/C10H15N3O/c1-8-3-2-4-13(8)10-6-11-5-9(7-14)12-10/h5-6,8,14H,2-4,7H2,1H3/t8-/m1/s1. The zero-order chi connectivity index (χ0) is 9.97. The first-order chi connectivity index (χ1) is 6.81. The molecule has 0 radical (unpaired) electrons. The first-order valence-corrected chi connectivity index (χ1v) is 4.99. The maximum Gasteiger partial charge on any atom is 0.147 e. The molecule has 2 rings (SSSR count). The van der Waals surface area contributed by atoms with E-state index >= 15 is 0 Å². The zero-order valence-electron chi connectivity index (χ0n) is 8.35. The van der Waals surface area contributed by atoms with Gasteiger partial charge in [0.05, 0.1) is 24.7 Å². The van der Waals surface area contributed by atoms with Gasteiger partial charge in [-0.05, 0) is 19.8 Å². The molecule has 0 spiro atoms. The van der Waals surface area contributed by atoms with Crippen LogP contribution in [0.5, 0.6) is 0 Å². The van der Waals surface area contributed by atoms with E-state index in [9.17, 15) is 0 Å². The van der Waals surface area contributed by atoms with Crippen LogP contribution in [0.15, 0.2) is 12.4 Å². The molecule has 0 unspecified atom stereocenters. The fraction of sp³-hybridized carbons (Fsp3) is 0.600. The summed E-state index contributed by atoms with van der Waals surface area (Å²) in [6, 6.07) is 0.540. The lowest BCUT2D eigenvalue weighted by Gasteiger charge is -2.22. The maximum absolute atomic E-state index is 8.95. The van der Waals surface area contributed by atoms with E-state index in [1.54, 1.807) is 12.4 Å². The smallest absolute Gasteiger partial charge is 0.147 e. The van der Waals surface area contributed by atoms with Crippen LogP contribution in [0.1, 0.15) is 25.5 Å². The third-order valence-corrected chi connectivity index (χ3v) is 2.68. The quantitative estimate of drug-likeness (QED) is 0.760. The highest BCUT2D eigenvalue weighted by atomic mass is 16.3. The van der Waals surface area contributed by atoms with Crippen LogP contribution in [0, 0.1) is 0 Å². The SMILES string of the molecule is C[C@@H]1CCCN1c1cncc(CO)n1. The van der Waals surface area contributed by atoms with Crippen LogP contribution < -0.4 is 4.90 Å². The predicted octanol–water partition coefficient (Wildman–Crippen LogP) is 0.958. The Balaban J connectivity index is 2.22. The van der Waals surface area contributed by atoms with Gasteiger partial charge in [0, 0.05) is 12.6 Å². The third kappa shape index (κ3) is 1.70. The van der Waals surface area contributed by atoms with E-state index in [1.807, 2.05) is 0 Å². The second kappa shape index (κ2) is 3.92. The van der Waals surface area contributed by atoms with Crippen LogP contribution in [0.4, 0.5) is 5.82 Å². The van der Waals surface area contributed by atoms with Gasteiger partial charge in [0.25, 0.3) is 0 Å². The minimum atomic E-state index is -0.0386. The van der Waals surface area contributed by atoms with E-state index in [-0.39, 0.29) is 6.61 Å². The minimum Gasteiger partial charge on any atom is -0.390 e. The van der Waals surface area contributed by atoms with Gasteiger partial charge in [0.1, 0.15) is 5.82 Å². The van der Waals surface area contributed by atoms with Crippen molar-refractivity contribution in [1.82, 2.24) is 9.97 Å². The van der Waals surface area contributed by atoms with Gasteiger partial charge in [0.15, 0.2) is 0 Å². The lowest BCUT2D eigenvalue weighted by molar-refractivity contribution is 0.276. The van der Waals surface area contributed by atoms with Gasteiger partial charge in [-0.25, -0.2) is 4.98 Å². The first kappa shape index (κ1) is 9.40. The maximum atomic E-state index is 8.95. The lowest BCUT2D eigenvalue weighted by atomic mass is 10.2. The molecule has 76 valence electrons. The molecule has 0 saturated carbocycles. The van der Waals surface area contributed by atoms with Crippen molar-refractivity contribution >= 4 is 5.82 Å². The van der Waals surface area contributed by atoms with Crippen LogP contribution in [0.25, 0.3) is 0 Å². The van der Waals surface area contributed by atoms with Crippen molar-refractivity contribution in [2.45, 2.75) is 32.4 Å². The van der Waals surface area contributed by atoms with Crippen LogP contribution in [-0.4, -0.2) is 27.7 Å². The number of aliphatic hydroxyl groups is 1. The van der Waals surface area contributed by atoms with E-state index in [4.69, 9.17) is 5.11 Å². The summed E-state index contributed by atoms with van der Waals surface area (Å²) in [6.45, 7) is 3.20. The summed E-state index contributed by atoms with van der Waals surface area (Å²) in [7, 11) is 0. The largest absolute Gasteiger partial charge is 0.390 e. The van der Waals surface area contributed by atoms with Gasteiger partial charge in [-0.15, -0.1) is 0 Å². The minimum absolute atomic E-state index is 0.0386. The molecule has 1 atom stereocenters. The average molecular weight is 193 g/mol. The second-order valence-electron chi connectivity index (χ2n) is 3.71. The average Bonchev–Trinajstić information content (AvgIpc) is 2.65. The molecule has 1 aromatic rings. The van der Waals surface area contributed by atoms with E-state index in [0.717, 1.165) is 12.4 Å². The number of nitrogens with zero attached hydrogens (tertiary/aromatic N) is 3. The van der Waals surface area contributed by atoms with Gasteiger partial charge in [-0.2, -0.15) is 0 Å². The second-order valence-corrected chi connectivity index (χ2v) is 3.71. The highest BCUT2D eigenvalue weighted by molar-refractivity contribution is 5.38. The summed E-state index contributed by atoms with van der Waals surface area (Å²) < 4.78 is 0. The molecule has 1 fully saturated rings. The normalized spacial score (nSPS) is 21.6. The van der Waals surface area contributed by atoms with Crippen molar-refractivity contribution in [1.29, 1.82) is 0 Å². The summed E-state index contributed by atoms with van der Waals surface area (Å²) in [5, 5.41) is 8.95. The monoisotopic (exact) mass is 193 g/mol. The number of rotatable bonds is 2. The number of hydrogen-bond acceptors (Lipinski definition) is 4. The Bertz CT molecular complexity index is 316. The van der Waals surface area contributed by atoms with Crippen molar-refractivity contribution in [3.63, 3.8) is 0 Å². The molecule has 1 aliphatic heterocycles. The number of aromatic nitrogens is 2. The number of anilines is 1. The van der Waals surface area contributed by atoms with E-state index in [0.29, 0.717) is 11.7 Å². The van der Waals surface area contributed by atoms with E-state index < -0.39 is 0 Å². The summed E-state index contributed by atoms with van der Waals surface area (Å²) in [5.74, 6) is 0.890. The molecule has 0 aliphatic carbocycles. The topological polar surface area (TPSA) is 49.2 Å². The van der Waals surface area contributed by atoms with Gasteiger partial charge in [-0.1, -0.05) is 0 Å². The van der Waals surface area contributed by atoms with Gasteiger partial charge in [-0.3, -0.25) is 4.98 Å². The van der Waals surface area contributed by atoms with E-state index in [1.165, 1.54) is 12.8 Å². The third-order valence-electron chi connectivity index (χ3n) is 2.68. The number of aliphatic hydroxyl groups excluding tert-OH is 1.